The molecule has 0 unspecified atom stereocenters. The Balaban J connectivity index is 4.11. The molecule has 0 aliphatic rings. The number of esters is 2. The molecule has 0 amide bonds. The SMILES string of the molecule is CCCCC/C=C\C=C\C(=O)CCCCCCCC(=O)OC[C@H](COP(=O)(O)O)OC(=O)CCCCCCCCC(C)C. The molecule has 250 valence electrons. The van der Waals surface area contributed by atoms with Crippen molar-refractivity contribution in [2.24, 2.45) is 5.92 Å². The number of carbonyl (C=O) groups is 3. The number of carbonyl (C=O) groups excluding carboxylic acids is 3. The van der Waals surface area contributed by atoms with E-state index in [0.717, 1.165) is 57.3 Å². The Kier molecular flexibility index (Phi) is 26.6. The van der Waals surface area contributed by atoms with Crippen LogP contribution in [0.5, 0.6) is 0 Å². The molecule has 0 aromatic rings. The number of unbranched alkanes of at least 4 members (excludes halogenated alkanes) is 12. The van der Waals surface area contributed by atoms with E-state index in [-0.39, 0.29) is 25.2 Å². The summed E-state index contributed by atoms with van der Waals surface area (Å²) in [7, 11) is -4.77. The van der Waals surface area contributed by atoms with Gasteiger partial charge in [-0.1, -0.05) is 110 Å². The molecule has 0 aliphatic carbocycles. The predicted molar refractivity (Wildman–Crippen MR) is 170 cm³/mol. The van der Waals surface area contributed by atoms with Crippen molar-refractivity contribution in [2.75, 3.05) is 13.2 Å². The van der Waals surface area contributed by atoms with Crippen LogP contribution in [0.2, 0.25) is 0 Å². The third-order valence-electron chi connectivity index (χ3n) is 6.88. The van der Waals surface area contributed by atoms with Gasteiger partial charge in [0.25, 0.3) is 0 Å². The average molecular weight is 631 g/mol. The van der Waals surface area contributed by atoms with E-state index in [0.29, 0.717) is 19.3 Å². The van der Waals surface area contributed by atoms with Crippen LogP contribution >= 0.6 is 7.82 Å². The van der Waals surface area contributed by atoms with Gasteiger partial charge in [0.2, 0.25) is 0 Å². The molecule has 0 bridgehead atoms. The lowest BCUT2D eigenvalue weighted by Gasteiger charge is -2.18. The van der Waals surface area contributed by atoms with Gasteiger partial charge in [-0.25, -0.2) is 4.57 Å². The maximum atomic E-state index is 12.2. The minimum absolute atomic E-state index is 0.118. The van der Waals surface area contributed by atoms with Crippen LogP contribution in [0.4, 0.5) is 0 Å². The van der Waals surface area contributed by atoms with Gasteiger partial charge in [-0.2, -0.15) is 0 Å². The Bertz CT molecular complexity index is 832. The summed E-state index contributed by atoms with van der Waals surface area (Å²) in [6.45, 7) is 5.71. The first kappa shape index (κ1) is 41.2. The van der Waals surface area contributed by atoms with Crippen LogP contribution in [0.1, 0.15) is 143 Å². The highest BCUT2D eigenvalue weighted by molar-refractivity contribution is 7.46. The minimum Gasteiger partial charge on any atom is -0.462 e. The molecule has 0 aliphatic heterocycles. The molecule has 2 N–H and O–H groups in total. The van der Waals surface area contributed by atoms with Crippen molar-refractivity contribution in [3.05, 3.63) is 24.3 Å². The Morgan fingerprint density at radius 3 is 1.91 bits per heavy atom. The molecule has 0 fully saturated rings. The van der Waals surface area contributed by atoms with Gasteiger partial charge in [-0.3, -0.25) is 18.9 Å². The molecule has 0 saturated heterocycles. The molecular weight excluding hydrogens is 571 g/mol. The highest BCUT2D eigenvalue weighted by Gasteiger charge is 2.22. The van der Waals surface area contributed by atoms with Crippen molar-refractivity contribution >= 4 is 25.5 Å². The van der Waals surface area contributed by atoms with Crippen LogP contribution in [-0.4, -0.2) is 46.8 Å². The van der Waals surface area contributed by atoms with Crippen molar-refractivity contribution in [2.45, 2.75) is 149 Å². The van der Waals surface area contributed by atoms with Crippen molar-refractivity contribution in [3.8, 4) is 0 Å². The summed E-state index contributed by atoms with van der Waals surface area (Å²) in [5.41, 5.74) is 0. The summed E-state index contributed by atoms with van der Waals surface area (Å²) in [5.74, 6) is -0.149. The molecule has 1 atom stereocenters. The second-order valence-corrected chi connectivity index (χ2v) is 12.9. The maximum Gasteiger partial charge on any atom is 0.469 e. The van der Waals surface area contributed by atoms with E-state index in [2.05, 4.69) is 31.4 Å². The summed E-state index contributed by atoms with van der Waals surface area (Å²) in [5, 5.41) is 0. The summed E-state index contributed by atoms with van der Waals surface area (Å²) in [6.07, 6.45) is 23.3. The lowest BCUT2D eigenvalue weighted by molar-refractivity contribution is -0.161. The van der Waals surface area contributed by atoms with Gasteiger partial charge in [0.15, 0.2) is 11.9 Å². The van der Waals surface area contributed by atoms with Crippen LogP contribution < -0.4 is 0 Å². The van der Waals surface area contributed by atoms with Crippen molar-refractivity contribution in [1.82, 2.24) is 0 Å². The zero-order valence-electron chi connectivity index (χ0n) is 27.0. The molecule has 43 heavy (non-hydrogen) atoms. The second-order valence-electron chi connectivity index (χ2n) is 11.7. The zero-order chi connectivity index (χ0) is 32.2. The smallest absolute Gasteiger partial charge is 0.462 e. The van der Waals surface area contributed by atoms with Gasteiger partial charge in [0.1, 0.15) is 6.61 Å². The number of phosphoric acid groups is 1. The number of rotatable bonds is 29. The maximum absolute atomic E-state index is 12.2. The fourth-order valence-corrected chi connectivity index (χ4v) is 4.72. The summed E-state index contributed by atoms with van der Waals surface area (Å²) in [6, 6.07) is 0. The third kappa shape index (κ3) is 31.4. The summed E-state index contributed by atoms with van der Waals surface area (Å²) in [4.78, 5) is 54.3. The molecule has 0 aromatic carbocycles. The number of ketones is 1. The predicted octanol–water partition coefficient (Wildman–Crippen LogP) is 8.32. The topological polar surface area (TPSA) is 136 Å². The highest BCUT2D eigenvalue weighted by Crippen LogP contribution is 2.35. The number of ether oxygens (including phenoxy) is 2. The summed E-state index contributed by atoms with van der Waals surface area (Å²) >= 11 is 0. The lowest BCUT2D eigenvalue weighted by atomic mass is 10.0. The van der Waals surface area contributed by atoms with Crippen molar-refractivity contribution in [3.63, 3.8) is 0 Å². The molecule has 0 spiro atoms. The fraction of sp³-hybridized carbons (Fsp3) is 0.788. The zero-order valence-corrected chi connectivity index (χ0v) is 27.9. The van der Waals surface area contributed by atoms with Crippen molar-refractivity contribution < 1.29 is 42.7 Å². The number of hydrogen-bond donors (Lipinski definition) is 2. The number of hydrogen-bond acceptors (Lipinski definition) is 7. The van der Waals surface area contributed by atoms with Crippen LogP contribution in [0.3, 0.4) is 0 Å². The molecular formula is C33H59O9P. The molecule has 0 saturated carbocycles. The first-order chi connectivity index (χ1) is 20.5. The largest absolute Gasteiger partial charge is 0.469 e. The van der Waals surface area contributed by atoms with E-state index in [1.165, 1.54) is 38.5 Å². The molecule has 0 heterocycles. The van der Waals surface area contributed by atoms with Gasteiger partial charge in [0, 0.05) is 19.3 Å². The number of phosphoric ester groups is 1. The van der Waals surface area contributed by atoms with E-state index in [4.69, 9.17) is 19.3 Å². The molecule has 0 radical (unpaired) electrons. The van der Waals surface area contributed by atoms with E-state index in [1.807, 2.05) is 6.08 Å². The van der Waals surface area contributed by atoms with Crippen LogP contribution in [0, 0.1) is 5.92 Å². The van der Waals surface area contributed by atoms with Gasteiger partial charge in [-0.15, -0.1) is 0 Å². The standard InChI is InChI=1S/C33H59O9P/c1-4-5-6-7-8-13-18-23-30(34)24-19-14-11-16-20-25-32(35)40-27-31(28-41-43(37,38)39)42-33(36)26-21-15-10-9-12-17-22-29(2)3/h8,13,18,23,29,31H,4-7,9-12,14-17,19-22,24-28H2,1-3H3,(H2,37,38,39)/b13-8-,23-18+/t31-/m1/s1. The molecule has 9 nitrogen and oxygen atoms in total. The Morgan fingerprint density at radius 2 is 1.30 bits per heavy atom. The van der Waals surface area contributed by atoms with Gasteiger partial charge >= 0.3 is 19.8 Å². The lowest BCUT2D eigenvalue weighted by Crippen LogP contribution is -2.29. The summed E-state index contributed by atoms with van der Waals surface area (Å²) < 4.78 is 26.1. The van der Waals surface area contributed by atoms with Crippen molar-refractivity contribution in [1.29, 1.82) is 0 Å². The average Bonchev–Trinajstić information content (AvgIpc) is 2.94. The fourth-order valence-electron chi connectivity index (χ4n) is 4.36. The first-order valence-electron chi connectivity index (χ1n) is 16.4. The van der Waals surface area contributed by atoms with E-state index < -0.39 is 32.5 Å². The number of allylic oxidation sites excluding steroid dienone is 4. The van der Waals surface area contributed by atoms with Gasteiger partial charge < -0.3 is 19.3 Å². The third-order valence-corrected chi connectivity index (χ3v) is 7.36. The molecule has 0 aromatic heterocycles. The minimum atomic E-state index is -4.77. The molecule has 0 rings (SSSR count). The van der Waals surface area contributed by atoms with Crippen LogP contribution in [0.15, 0.2) is 24.3 Å². The Morgan fingerprint density at radius 1 is 0.721 bits per heavy atom. The highest BCUT2D eigenvalue weighted by atomic mass is 31.2. The van der Waals surface area contributed by atoms with Gasteiger partial charge in [-0.05, 0) is 44.1 Å². The van der Waals surface area contributed by atoms with E-state index in [1.54, 1.807) is 12.2 Å². The Hall–Kier alpha value is -1.80. The molecule has 10 heteroatoms. The van der Waals surface area contributed by atoms with E-state index in [9.17, 15) is 18.9 Å². The van der Waals surface area contributed by atoms with Gasteiger partial charge in [0.05, 0.1) is 6.61 Å². The monoisotopic (exact) mass is 630 g/mol. The normalized spacial score (nSPS) is 12.8. The first-order valence-corrected chi connectivity index (χ1v) is 18.0. The van der Waals surface area contributed by atoms with Crippen LogP contribution in [-0.2, 0) is 32.9 Å². The van der Waals surface area contributed by atoms with Crippen LogP contribution in [0.25, 0.3) is 0 Å². The Labute approximate surface area is 260 Å². The van der Waals surface area contributed by atoms with E-state index >= 15 is 0 Å². The second kappa shape index (κ2) is 27.7. The quantitative estimate of drug-likeness (QED) is 0.0275.